The maximum absolute atomic E-state index is 8.16. The molecule has 3 aromatic rings. The van der Waals surface area contributed by atoms with Gasteiger partial charge in [0.05, 0.1) is 64.0 Å². The van der Waals surface area contributed by atoms with E-state index in [9.17, 15) is 0 Å². The van der Waals surface area contributed by atoms with E-state index < -0.39 is 7.38 Å². The summed E-state index contributed by atoms with van der Waals surface area (Å²) in [6.07, 6.45) is 0. The predicted molar refractivity (Wildman–Crippen MR) is 163 cm³/mol. The van der Waals surface area contributed by atoms with Crippen molar-refractivity contribution in [3.8, 4) is 51.7 Å². The summed E-state index contributed by atoms with van der Waals surface area (Å²) in [7, 11) is 10.4. The molecule has 0 atom stereocenters. The zero-order valence-corrected chi connectivity index (χ0v) is 27.5. The fourth-order valence-corrected chi connectivity index (χ4v) is 10.0. The predicted octanol–water partition coefficient (Wildman–Crippen LogP) is 3.89. The average Bonchev–Trinajstić information content (AvgIpc) is 2.99. The molecule has 0 radical (unpaired) electrons. The molecule has 3 rings (SSSR count). The smallest absolute Gasteiger partial charge is 0.259 e. The van der Waals surface area contributed by atoms with Crippen LogP contribution in [-0.2, 0) is 0 Å². The summed E-state index contributed by atoms with van der Waals surface area (Å²) in [5.74, 6) is 4.44. The molecule has 3 aromatic carbocycles. The van der Waals surface area contributed by atoms with Gasteiger partial charge >= 0.3 is 0 Å². The van der Waals surface area contributed by atoms with Crippen molar-refractivity contribution in [2.45, 2.75) is 20.8 Å². The van der Waals surface area contributed by atoms with Gasteiger partial charge in [0.15, 0.2) is 34.5 Å². The zero-order valence-electron chi connectivity index (χ0n) is 25.8. The molecular formula is C30H39ClO9Si. The first-order valence-corrected chi connectivity index (χ1v) is 15.7. The van der Waals surface area contributed by atoms with Crippen LogP contribution in [0.5, 0.6) is 51.7 Å². The van der Waals surface area contributed by atoms with E-state index in [0.717, 1.165) is 16.7 Å². The molecule has 0 bridgehead atoms. The molecule has 0 N–H and O–H groups in total. The van der Waals surface area contributed by atoms with Crippen molar-refractivity contribution < 1.29 is 42.6 Å². The van der Waals surface area contributed by atoms with Crippen LogP contribution < -0.4 is 58.2 Å². The molecule has 0 heterocycles. The van der Waals surface area contributed by atoms with Gasteiger partial charge in [-0.2, -0.15) is 0 Å². The highest BCUT2D eigenvalue weighted by atomic mass is 35.6. The van der Waals surface area contributed by atoms with E-state index in [4.69, 9.17) is 53.7 Å². The maximum Gasteiger partial charge on any atom is 0.259 e. The Morgan fingerprint density at radius 3 is 0.780 bits per heavy atom. The van der Waals surface area contributed by atoms with Gasteiger partial charge in [-0.25, -0.2) is 0 Å². The standard InChI is InChI=1S/C30H39ClO9Si/c1-16-19(32-4)13-22(28(38-10)25(16)35-7)41(31,23-14-20(33-5)17(2)26(36-8)29(23)39-11)24-15-21(34-6)18(3)27(37-9)30(24)40-12/h13-15H,1-12H3. The molecule has 0 amide bonds. The van der Waals surface area contributed by atoms with Crippen molar-refractivity contribution in [1.29, 1.82) is 0 Å². The number of ether oxygens (including phenoxy) is 9. The van der Waals surface area contributed by atoms with Gasteiger partial charge in [-0.3, -0.25) is 0 Å². The quantitative estimate of drug-likeness (QED) is 0.173. The summed E-state index contributed by atoms with van der Waals surface area (Å²) in [5.41, 5.74) is 2.25. The molecular weight excluding hydrogens is 568 g/mol. The first kappa shape index (κ1) is 31.9. The Morgan fingerprint density at radius 2 is 0.610 bits per heavy atom. The third kappa shape index (κ3) is 5.03. The normalized spacial score (nSPS) is 11.0. The van der Waals surface area contributed by atoms with Gasteiger partial charge in [-0.15, -0.1) is 11.1 Å². The molecule has 0 saturated heterocycles. The Labute approximate surface area is 247 Å². The lowest BCUT2D eigenvalue weighted by Gasteiger charge is -2.33. The van der Waals surface area contributed by atoms with Gasteiger partial charge in [-0.1, -0.05) is 0 Å². The second-order valence-electron chi connectivity index (χ2n) is 9.11. The van der Waals surface area contributed by atoms with E-state index in [1.165, 1.54) is 0 Å². The lowest BCUT2D eigenvalue weighted by atomic mass is 10.1. The Kier molecular flexibility index (Phi) is 10.0. The summed E-state index contributed by atoms with van der Waals surface area (Å²) < 4.78 is 53.0. The van der Waals surface area contributed by atoms with Crippen LogP contribution in [0.3, 0.4) is 0 Å². The molecule has 224 valence electrons. The van der Waals surface area contributed by atoms with E-state index in [1.54, 1.807) is 64.0 Å². The summed E-state index contributed by atoms with van der Waals surface area (Å²) >= 11 is 8.16. The number of halogens is 1. The zero-order chi connectivity index (χ0) is 30.6. The number of methoxy groups -OCH3 is 9. The second kappa shape index (κ2) is 12.9. The Balaban J connectivity index is 2.77. The van der Waals surface area contributed by atoms with Crippen molar-refractivity contribution in [2.24, 2.45) is 0 Å². The third-order valence-electron chi connectivity index (χ3n) is 7.31. The number of hydrogen-bond donors (Lipinski definition) is 0. The van der Waals surface area contributed by atoms with Gasteiger partial charge in [0.25, 0.3) is 7.38 Å². The van der Waals surface area contributed by atoms with Crippen molar-refractivity contribution >= 4 is 34.0 Å². The number of benzene rings is 3. The summed E-state index contributed by atoms with van der Waals surface area (Å²) in [6, 6.07) is 5.60. The van der Waals surface area contributed by atoms with Gasteiger partial charge in [-0.05, 0) is 39.0 Å². The molecule has 0 unspecified atom stereocenters. The van der Waals surface area contributed by atoms with Crippen LogP contribution in [0.1, 0.15) is 16.7 Å². The van der Waals surface area contributed by atoms with Gasteiger partial charge in [0.1, 0.15) is 17.2 Å². The van der Waals surface area contributed by atoms with E-state index in [0.29, 0.717) is 67.3 Å². The molecule has 11 heteroatoms. The van der Waals surface area contributed by atoms with E-state index >= 15 is 0 Å². The van der Waals surface area contributed by atoms with Crippen LogP contribution in [0.2, 0.25) is 0 Å². The first-order chi connectivity index (χ1) is 19.6. The van der Waals surface area contributed by atoms with Crippen LogP contribution >= 0.6 is 11.1 Å². The van der Waals surface area contributed by atoms with Crippen molar-refractivity contribution in [2.75, 3.05) is 64.0 Å². The fraction of sp³-hybridized carbons (Fsp3) is 0.400. The molecule has 41 heavy (non-hydrogen) atoms. The Hall–Kier alpha value is -3.63. The molecule has 0 saturated carbocycles. The number of hydrogen-bond acceptors (Lipinski definition) is 9. The van der Waals surface area contributed by atoms with Crippen molar-refractivity contribution in [3.05, 3.63) is 34.9 Å². The monoisotopic (exact) mass is 606 g/mol. The minimum Gasteiger partial charge on any atom is -0.496 e. The van der Waals surface area contributed by atoms with Gasteiger partial charge < -0.3 is 42.6 Å². The molecule has 0 aliphatic rings. The van der Waals surface area contributed by atoms with Crippen LogP contribution in [0.25, 0.3) is 0 Å². The minimum absolute atomic E-state index is 0.439. The molecule has 0 fully saturated rings. The van der Waals surface area contributed by atoms with Crippen LogP contribution in [-0.4, -0.2) is 71.4 Å². The summed E-state index contributed by atoms with van der Waals surface area (Å²) in [5, 5.41) is 1.83. The van der Waals surface area contributed by atoms with Crippen molar-refractivity contribution in [3.63, 3.8) is 0 Å². The lowest BCUT2D eigenvalue weighted by Crippen LogP contribution is -2.64. The van der Waals surface area contributed by atoms with Crippen LogP contribution in [0, 0.1) is 20.8 Å². The third-order valence-corrected chi connectivity index (χ3v) is 12.5. The van der Waals surface area contributed by atoms with E-state index in [1.807, 2.05) is 39.0 Å². The minimum atomic E-state index is -3.81. The summed E-state index contributed by atoms with van der Waals surface area (Å²) in [4.78, 5) is 0. The van der Waals surface area contributed by atoms with Crippen LogP contribution in [0.4, 0.5) is 0 Å². The Bertz CT molecular complexity index is 1260. The molecule has 0 aliphatic heterocycles. The highest BCUT2D eigenvalue weighted by Crippen LogP contribution is 2.44. The molecule has 9 nitrogen and oxygen atoms in total. The second-order valence-corrected chi connectivity index (χ2v) is 13.7. The largest absolute Gasteiger partial charge is 0.496 e. The van der Waals surface area contributed by atoms with Gasteiger partial charge in [0, 0.05) is 32.3 Å². The highest BCUT2D eigenvalue weighted by molar-refractivity contribution is 7.41. The van der Waals surface area contributed by atoms with Crippen molar-refractivity contribution in [1.82, 2.24) is 0 Å². The topological polar surface area (TPSA) is 83.1 Å². The highest BCUT2D eigenvalue weighted by Gasteiger charge is 2.49. The average molecular weight is 607 g/mol. The van der Waals surface area contributed by atoms with E-state index in [-0.39, 0.29) is 0 Å². The van der Waals surface area contributed by atoms with E-state index in [2.05, 4.69) is 0 Å². The summed E-state index contributed by atoms with van der Waals surface area (Å²) in [6.45, 7) is 5.66. The molecule has 0 spiro atoms. The number of rotatable bonds is 12. The fourth-order valence-electron chi connectivity index (χ4n) is 5.31. The first-order valence-electron chi connectivity index (χ1n) is 12.7. The Morgan fingerprint density at radius 1 is 0.390 bits per heavy atom. The maximum atomic E-state index is 8.16. The molecule has 0 aliphatic carbocycles. The van der Waals surface area contributed by atoms with Crippen LogP contribution in [0.15, 0.2) is 18.2 Å². The lowest BCUT2D eigenvalue weighted by molar-refractivity contribution is 0.346. The molecule has 0 aromatic heterocycles. The SMILES string of the molecule is COc1cc([Si](Cl)(c2cc(OC)c(C)c(OC)c2OC)c2cc(OC)c(C)c(OC)c2OC)c(OC)c(OC)c1C. The van der Waals surface area contributed by atoms with Gasteiger partial charge in [0.2, 0.25) is 0 Å².